The minimum Gasteiger partial charge on any atom is -0.393 e. The highest BCUT2D eigenvalue weighted by molar-refractivity contribution is 4.85. The second kappa shape index (κ2) is 4.43. The molecule has 2 aliphatic carbocycles. The van der Waals surface area contributed by atoms with E-state index in [2.05, 4.69) is 5.32 Å². The molecule has 0 bridgehead atoms. The average molecular weight is 183 g/mol. The zero-order valence-electron chi connectivity index (χ0n) is 8.34. The van der Waals surface area contributed by atoms with Crippen LogP contribution in [0.5, 0.6) is 0 Å². The third-order valence-corrected chi connectivity index (χ3v) is 3.53. The maximum absolute atomic E-state index is 9.12. The van der Waals surface area contributed by atoms with Gasteiger partial charge in [-0.25, -0.2) is 0 Å². The Morgan fingerprint density at radius 2 is 1.77 bits per heavy atom. The van der Waals surface area contributed by atoms with Gasteiger partial charge in [-0.05, 0) is 38.1 Å². The Labute approximate surface area is 80.7 Å². The van der Waals surface area contributed by atoms with Gasteiger partial charge in [0.25, 0.3) is 0 Å². The fourth-order valence-electron chi connectivity index (χ4n) is 2.48. The smallest absolute Gasteiger partial charge is 0.0570 e. The molecule has 0 saturated heterocycles. The Hall–Kier alpha value is -0.0800. The largest absolute Gasteiger partial charge is 0.393 e. The summed E-state index contributed by atoms with van der Waals surface area (Å²) in [5.41, 5.74) is 0. The Morgan fingerprint density at radius 3 is 2.38 bits per heavy atom. The highest BCUT2D eigenvalue weighted by Gasteiger charge is 2.27. The third-order valence-electron chi connectivity index (χ3n) is 3.53. The molecule has 0 aliphatic heterocycles. The zero-order chi connectivity index (χ0) is 9.10. The summed E-state index contributed by atoms with van der Waals surface area (Å²) in [4.78, 5) is 0. The van der Waals surface area contributed by atoms with E-state index < -0.39 is 0 Å². The summed E-state index contributed by atoms with van der Waals surface area (Å²) in [6.45, 7) is 1.19. The summed E-state index contributed by atoms with van der Waals surface area (Å²) in [5.74, 6) is 0.923. The maximum atomic E-state index is 9.12. The number of hydrogen-bond donors (Lipinski definition) is 2. The van der Waals surface area contributed by atoms with Crippen molar-refractivity contribution in [2.45, 2.75) is 57.1 Å². The minimum absolute atomic E-state index is 0.0103. The van der Waals surface area contributed by atoms with Gasteiger partial charge in [0, 0.05) is 6.04 Å². The lowest BCUT2D eigenvalue weighted by Crippen LogP contribution is -2.45. The molecule has 13 heavy (non-hydrogen) atoms. The van der Waals surface area contributed by atoms with Crippen LogP contribution in [-0.2, 0) is 0 Å². The minimum atomic E-state index is -0.0103. The third kappa shape index (κ3) is 2.68. The van der Waals surface area contributed by atoms with Crippen molar-refractivity contribution in [3.63, 3.8) is 0 Å². The Bertz CT molecular complexity index is 148. The van der Waals surface area contributed by atoms with Crippen molar-refractivity contribution in [2.24, 2.45) is 5.92 Å². The molecule has 2 fully saturated rings. The first kappa shape index (κ1) is 9.47. The average Bonchev–Trinajstić information content (AvgIpc) is 2.12. The van der Waals surface area contributed by atoms with Gasteiger partial charge in [0.15, 0.2) is 0 Å². The van der Waals surface area contributed by atoms with Crippen molar-refractivity contribution in [3.8, 4) is 0 Å². The molecule has 0 amide bonds. The van der Waals surface area contributed by atoms with E-state index in [0.717, 1.165) is 18.8 Å². The predicted molar refractivity (Wildman–Crippen MR) is 53.6 cm³/mol. The van der Waals surface area contributed by atoms with Gasteiger partial charge in [-0.3, -0.25) is 0 Å². The topological polar surface area (TPSA) is 32.3 Å². The summed E-state index contributed by atoms with van der Waals surface area (Å²) >= 11 is 0. The van der Waals surface area contributed by atoms with Crippen LogP contribution in [-0.4, -0.2) is 23.8 Å². The molecular weight excluding hydrogens is 162 g/mol. The van der Waals surface area contributed by atoms with E-state index in [1.807, 2.05) is 0 Å². The van der Waals surface area contributed by atoms with Crippen molar-refractivity contribution < 1.29 is 5.11 Å². The molecular formula is C11H21NO. The lowest BCUT2D eigenvalue weighted by atomic mass is 9.86. The second-order valence-electron chi connectivity index (χ2n) is 4.73. The molecule has 2 nitrogen and oxygen atoms in total. The van der Waals surface area contributed by atoms with Crippen molar-refractivity contribution in [1.29, 1.82) is 0 Å². The molecule has 76 valence electrons. The van der Waals surface area contributed by atoms with Crippen LogP contribution in [0.25, 0.3) is 0 Å². The van der Waals surface area contributed by atoms with Crippen LogP contribution in [0.3, 0.4) is 0 Å². The molecule has 0 unspecified atom stereocenters. The molecule has 0 atom stereocenters. The standard InChI is InChI=1S/C11H21NO/c13-11-6-10(7-11)12-8-9-4-2-1-3-5-9/h9-13H,1-8H2. The van der Waals surface area contributed by atoms with Crippen molar-refractivity contribution >= 4 is 0 Å². The molecule has 2 N–H and O–H groups in total. The quantitative estimate of drug-likeness (QED) is 0.697. The Morgan fingerprint density at radius 1 is 1.08 bits per heavy atom. The van der Waals surface area contributed by atoms with Crippen LogP contribution in [0.1, 0.15) is 44.9 Å². The highest BCUT2D eigenvalue weighted by Crippen LogP contribution is 2.24. The predicted octanol–water partition coefficient (Wildman–Crippen LogP) is 1.68. The van der Waals surface area contributed by atoms with Crippen LogP contribution < -0.4 is 5.32 Å². The van der Waals surface area contributed by atoms with E-state index in [1.54, 1.807) is 0 Å². The van der Waals surface area contributed by atoms with Gasteiger partial charge in [0.2, 0.25) is 0 Å². The first-order valence-electron chi connectivity index (χ1n) is 5.76. The van der Waals surface area contributed by atoms with Crippen molar-refractivity contribution in [3.05, 3.63) is 0 Å². The van der Waals surface area contributed by atoms with Crippen LogP contribution in [0.15, 0.2) is 0 Å². The molecule has 0 aromatic heterocycles. The van der Waals surface area contributed by atoms with Crippen LogP contribution in [0.4, 0.5) is 0 Å². The van der Waals surface area contributed by atoms with Gasteiger partial charge in [0.1, 0.15) is 0 Å². The molecule has 0 radical (unpaired) electrons. The number of aliphatic hydroxyl groups is 1. The Balaban J connectivity index is 1.56. The number of hydrogen-bond acceptors (Lipinski definition) is 2. The fraction of sp³-hybridized carbons (Fsp3) is 1.00. The molecule has 0 aromatic carbocycles. The van der Waals surface area contributed by atoms with E-state index in [9.17, 15) is 0 Å². The van der Waals surface area contributed by atoms with E-state index in [4.69, 9.17) is 5.11 Å². The molecule has 2 saturated carbocycles. The lowest BCUT2D eigenvalue weighted by molar-refractivity contribution is 0.0601. The van der Waals surface area contributed by atoms with Gasteiger partial charge in [0.05, 0.1) is 6.10 Å². The summed E-state index contributed by atoms with van der Waals surface area (Å²) in [5, 5.41) is 12.7. The van der Waals surface area contributed by atoms with Crippen molar-refractivity contribution in [2.75, 3.05) is 6.54 Å². The van der Waals surface area contributed by atoms with Gasteiger partial charge in [-0.1, -0.05) is 19.3 Å². The molecule has 0 heterocycles. The molecule has 2 heteroatoms. The molecule has 2 aliphatic rings. The van der Waals surface area contributed by atoms with Gasteiger partial charge < -0.3 is 10.4 Å². The monoisotopic (exact) mass is 183 g/mol. The van der Waals surface area contributed by atoms with E-state index >= 15 is 0 Å². The van der Waals surface area contributed by atoms with E-state index in [1.165, 1.54) is 38.6 Å². The number of aliphatic hydroxyl groups excluding tert-OH is 1. The first-order valence-corrected chi connectivity index (χ1v) is 5.76. The fourth-order valence-corrected chi connectivity index (χ4v) is 2.48. The number of nitrogens with one attached hydrogen (secondary N) is 1. The molecule has 2 rings (SSSR count). The van der Waals surface area contributed by atoms with Crippen LogP contribution in [0.2, 0.25) is 0 Å². The van der Waals surface area contributed by atoms with Gasteiger partial charge in [-0.2, -0.15) is 0 Å². The van der Waals surface area contributed by atoms with Gasteiger partial charge >= 0.3 is 0 Å². The van der Waals surface area contributed by atoms with Crippen LogP contribution in [0, 0.1) is 5.92 Å². The zero-order valence-corrected chi connectivity index (χ0v) is 8.34. The molecule has 0 spiro atoms. The first-order chi connectivity index (χ1) is 6.34. The van der Waals surface area contributed by atoms with Gasteiger partial charge in [-0.15, -0.1) is 0 Å². The SMILES string of the molecule is OC1CC(NCC2CCCCC2)C1. The lowest BCUT2D eigenvalue weighted by Gasteiger charge is -2.34. The van der Waals surface area contributed by atoms with Crippen LogP contribution >= 0.6 is 0 Å². The number of rotatable bonds is 3. The van der Waals surface area contributed by atoms with E-state index in [-0.39, 0.29) is 6.10 Å². The van der Waals surface area contributed by atoms with E-state index in [0.29, 0.717) is 6.04 Å². The summed E-state index contributed by atoms with van der Waals surface area (Å²) < 4.78 is 0. The summed E-state index contributed by atoms with van der Waals surface area (Å²) in [6, 6.07) is 0.622. The summed E-state index contributed by atoms with van der Waals surface area (Å²) in [7, 11) is 0. The van der Waals surface area contributed by atoms with Crippen molar-refractivity contribution in [1.82, 2.24) is 5.32 Å². The second-order valence-corrected chi connectivity index (χ2v) is 4.73. The summed E-state index contributed by atoms with van der Waals surface area (Å²) in [6.07, 6.45) is 9.09. The highest BCUT2D eigenvalue weighted by atomic mass is 16.3. The Kier molecular flexibility index (Phi) is 3.23. The normalized spacial score (nSPS) is 35.8. The maximum Gasteiger partial charge on any atom is 0.0570 e. The molecule has 0 aromatic rings.